The van der Waals surface area contributed by atoms with E-state index >= 15 is 0 Å². The standard InChI is InChI=1S/C11H19N3O4S2/c1-9-8-10(12)4-5-11(9)20(17,18)13-6-7-19(15,16)14(2)3/h4-5,8,13H,6-7,12H2,1-3H3. The van der Waals surface area contributed by atoms with Gasteiger partial charge in [-0.05, 0) is 30.7 Å². The zero-order valence-electron chi connectivity index (χ0n) is 11.6. The minimum atomic E-state index is -3.74. The van der Waals surface area contributed by atoms with E-state index in [-0.39, 0.29) is 17.2 Å². The van der Waals surface area contributed by atoms with Crippen LogP contribution in [0.2, 0.25) is 0 Å². The smallest absolute Gasteiger partial charge is 0.240 e. The van der Waals surface area contributed by atoms with E-state index in [1.54, 1.807) is 13.0 Å². The third kappa shape index (κ3) is 4.17. The first-order valence-electron chi connectivity index (χ1n) is 5.82. The van der Waals surface area contributed by atoms with Gasteiger partial charge in [-0.2, -0.15) is 0 Å². The normalized spacial score (nSPS) is 12.8. The van der Waals surface area contributed by atoms with Crippen molar-refractivity contribution < 1.29 is 16.8 Å². The first-order valence-corrected chi connectivity index (χ1v) is 8.91. The highest BCUT2D eigenvalue weighted by atomic mass is 32.2. The third-order valence-electron chi connectivity index (χ3n) is 2.70. The summed E-state index contributed by atoms with van der Waals surface area (Å²) < 4.78 is 50.5. The molecule has 1 aromatic carbocycles. The quantitative estimate of drug-likeness (QED) is 0.702. The number of rotatable bonds is 6. The Kier molecular flexibility index (Phi) is 5.14. The van der Waals surface area contributed by atoms with Gasteiger partial charge in [0.15, 0.2) is 0 Å². The van der Waals surface area contributed by atoms with Gasteiger partial charge in [-0.15, -0.1) is 0 Å². The molecule has 0 fully saturated rings. The second-order valence-corrected chi connectivity index (χ2v) is 8.56. The average molecular weight is 321 g/mol. The van der Waals surface area contributed by atoms with Gasteiger partial charge < -0.3 is 5.73 Å². The summed E-state index contributed by atoms with van der Waals surface area (Å²) in [6.45, 7) is 1.44. The maximum atomic E-state index is 12.1. The van der Waals surface area contributed by atoms with Crippen molar-refractivity contribution in [1.29, 1.82) is 0 Å². The molecule has 0 unspecified atom stereocenters. The summed E-state index contributed by atoms with van der Waals surface area (Å²) in [4.78, 5) is 0.0916. The lowest BCUT2D eigenvalue weighted by Gasteiger charge is -2.13. The average Bonchev–Trinajstić information content (AvgIpc) is 2.27. The second kappa shape index (κ2) is 6.08. The van der Waals surface area contributed by atoms with Crippen LogP contribution in [0.25, 0.3) is 0 Å². The lowest BCUT2D eigenvalue weighted by molar-refractivity contribution is 0.519. The minimum Gasteiger partial charge on any atom is -0.399 e. The van der Waals surface area contributed by atoms with E-state index < -0.39 is 20.0 Å². The lowest BCUT2D eigenvalue weighted by atomic mass is 10.2. The number of nitrogens with zero attached hydrogens (tertiary/aromatic N) is 1. The summed E-state index contributed by atoms with van der Waals surface area (Å²) in [6.07, 6.45) is 0. The van der Waals surface area contributed by atoms with Gasteiger partial charge in [0.25, 0.3) is 0 Å². The Balaban J connectivity index is 2.82. The van der Waals surface area contributed by atoms with Crippen molar-refractivity contribution in [1.82, 2.24) is 9.03 Å². The van der Waals surface area contributed by atoms with Crippen LogP contribution in [0.4, 0.5) is 5.69 Å². The van der Waals surface area contributed by atoms with Gasteiger partial charge in [0.1, 0.15) is 0 Å². The molecule has 7 nitrogen and oxygen atoms in total. The van der Waals surface area contributed by atoms with Gasteiger partial charge in [0.2, 0.25) is 20.0 Å². The van der Waals surface area contributed by atoms with Crippen LogP contribution in [0.3, 0.4) is 0 Å². The highest BCUT2D eigenvalue weighted by Gasteiger charge is 2.19. The van der Waals surface area contributed by atoms with Crippen molar-refractivity contribution in [3.8, 4) is 0 Å². The molecule has 0 radical (unpaired) electrons. The van der Waals surface area contributed by atoms with Crippen molar-refractivity contribution in [2.45, 2.75) is 11.8 Å². The predicted octanol–water partition coefficient (Wildman–Crippen LogP) is -0.253. The fourth-order valence-corrected chi connectivity index (χ4v) is 3.65. The molecule has 9 heteroatoms. The van der Waals surface area contributed by atoms with Crippen molar-refractivity contribution in [2.24, 2.45) is 0 Å². The Labute approximate surface area is 119 Å². The summed E-state index contributed by atoms with van der Waals surface area (Å²) in [5, 5.41) is 0. The molecular weight excluding hydrogens is 302 g/mol. The van der Waals surface area contributed by atoms with E-state index in [4.69, 9.17) is 5.73 Å². The number of anilines is 1. The number of nitrogens with one attached hydrogen (secondary N) is 1. The predicted molar refractivity (Wildman–Crippen MR) is 78.3 cm³/mol. The van der Waals surface area contributed by atoms with Crippen molar-refractivity contribution in [3.63, 3.8) is 0 Å². The molecule has 0 saturated carbocycles. The third-order valence-corrected chi connectivity index (χ3v) is 6.15. The van der Waals surface area contributed by atoms with Crippen molar-refractivity contribution in [2.75, 3.05) is 32.1 Å². The van der Waals surface area contributed by atoms with Crippen LogP contribution in [-0.4, -0.2) is 47.5 Å². The first-order chi connectivity index (χ1) is 9.06. The molecule has 0 aliphatic carbocycles. The maximum Gasteiger partial charge on any atom is 0.240 e. The molecule has 3 N–H and O–H groups in total. The number of hydrogen-bond donors (Lipinski definition) is 2. The molecule has 0 atom stereocenters. The largest absolute Gasteiger partial charge is 0.399 e. The van der Waals surface area contributed by atoms with E-state index in [1.807, 2.05) is 0 Å². The van der Waals surface area contributed by atoms with E-state index in [0.717, 1.165) is 4.31 Å². The van der Waals surface area contributed by atoms with Gasteiger partial charge in [0.05, 0.1) is 10.6 Å². The number of sulfonamides is 2. The molecule has 0 aromatic heterocycles. The van der Waals surface area contributed by atoms with E-state index in [2.05, 4.69) is 4.72 Å². The molecule has 1 rings (SSSR count). The van der Waals surface area contributed by atoms with Crippen LogP contribution >= 0.6 is 0 Å². The molecule has 1 aromatic rings. The van der Waals surface area contributed by atoms with E-state index in [9.17, 15) is 16.8 Å². The Morgan fingerprint density at radius 1 is 1.20 bits per heavy atom. The van der Waals surface area contributed by atoms with Crippen LogP contribution in [0, 0.1) is 6.92 Å². The molecule has 0 heterocycles. The molecule has 0 aliphatic rings. The summed E-state index contributed by atoms with van der Waals surface area (Å²) in [5.41, 5.74) is 6.54. The number of benzene rings is 1. The van der Waals surface area contributed by atoms with Gasteiger partial charge in [0, 0.05) is 26.3 Å². The van der Waals surface area contributed by atoms with Crippen LogP contribution in [0.5, 0.6) is 0 Å². The number of aryl methyl sites for hydroxylation is 1. The molecule has 0 amide bonds. The van der Waals surface area contributed by atoms with Crippen LogP contribution < -0.4 is 10.5 Å². The molecule has 0 aliphatic heterocycles. The van der Waals surface area contributed by atoms with Gasteiger partial charge >= 0.3 is 0 Å². The van der Waals surface area contributed by atoms with Gasteiger partial charge in [-0.1, -0.05) is 0 Å². The van der Waals surface area contributed by atoms with Crippen molar-refractivity contribution in [3.05, 3.63) is 23.8 Å². The fraction of sp³-hybridized carbons (Fsp3) is 0.455. The zero-order valence-corrected chi connectivity index (χ0v) is 13.3. The summed E-state index contributed by atoms with van der Waals surface area (Å²) >= 11 is 0. The minimum absolute atomic E-state index is 0.0916. The number of hydrogen-bond acceptors (Lipinski definition) is 5. The Morgan fingerprint density at radius 3 is 2.30 bits per heavy atom. The van der Waals surface area contributed by atoms with Crippen LogP contribution in [0.1, 0.15) is 5.56 Å². The van der Waals surface area contributed by atoms with Gasteiger partial charge in [-0.25, -0.2) is 25.9 Å². The molecule has 0 saturated heterocycles. The second-order valence-electron chi connectivity index (χ2n) is 4.52. The Bertz CT molecular complexity index is 682. The summed E-state index contributed by atoms with van der Waals surface area (Å²) in [5.74, 6) is -0.298. The molecule has 0 bridgehead atoms. The highest BCUT2D eigenvalue weighted by molar-refractivity contribution is 7.90. The first kappa shape index (κ1) is 16.9. The lowest BCUT2D eigenvalue weighted by Crippen LogP contribution is -2.34. The van der Waals surface area contributed by atoms with Crippen LogP contribution in [-0.2, 0) is 20.0 Å². The zero-order chi connectivity index (χ0) is 15.6. The monoisotopic (exact) mass is 321 g/mol. The number of nitrogens with two attached hydrogens (primary N) is 1. The van der Waals surface area contributed by atoms with Gasteiger partial charge in [-0.3, -0.25) is 0 Å². The Hall–Kier alpha value is -1.16. The summed E-state index contributed by atoms with van der Waals surface area (Å²) in [6, 6.07) is 4.43. The maximum absolute atomic E-state index is 12.1. The highest BCUT2D eigenvalue weighted by Crippen LogP contribution is 2.17. The Morgan fingerprint density at radius 2 is 1.80 bits per heavy atom. The van der Waals surface area contributed by atoms with E-state index in [1.165, 1.54) is 26.2 Å². The topological polar surface area (TPSA) is 110 Å². The SMILES string of the molecule is Cc1cc(N)ccc1S(=O)(=O)NCCS(=O)(=O)N(C)C. The number of nitrogen functional groups attached to an aromatic ring is 1. The summed E-state index contributed by atoms with van der Waals surface area (Å²) in [7, 11) is -4.38. The van der Waals surface area contributed by atoms with Crippen LogP contribution in [0.15, 0.2) is 23.1 Å². The molecule has 20 heavy (non-hydrogen) atoms. The van der Waals surface area contributed by atoms with Crippen molar-refractivity contribution >= 4 is 25.7 Å². The fourth-order valence-electron chi connectivity index (χ4n) is 1.54. The molecule has 0 spiro atoms. The molecular formula is C11H19N3O4S2. The van der Waals surface area contributed by atoms with E-state index in [0.29, 0.717) is 11.3 Å². The molecule has 114 valence electrons.